The van der Waals surface area contributed by atoms with Gasteiger partial charge in [-0.25, -0.2) is 0 Å². The Morgan fingerprint density at radius 3 is 2.50 bits per heavy atom. The highest BCUT2D eigenvalue weighted by Gasteiger charge is 2.32. The number of hydrogen-bond acceptors (Lipinski definition) is 4. The molecule has 0 N–H and O–H groups in total. The first-order chi connectivity index (χ1) is 8.35. The van der Waals surface area contributed by atoms with E-state index >= 15 is 0 Å². The van der Waals surface area contributed by atoms with E-state index in [1.807, 2.05) is 13.8 Å². The summed E-state index contributed by atoms with van der Waals surface area (Å²) in [6.45, 7) is 7.64. The van der Waals surface area contributed by atoms with Crippen molar-refractivity contribution in [3.63, 3.8) is 0 Å². The number of carbonyl (C=O) groups is 1. The molecule has 1 amide bonds. The average Bonchev–Trinajstić information content (AvgIpc) is 2.58. The van der Waals surface area contributed by atoms with Gasteiger partial charge in [0.05, 0.1) is 5.75 Å². The zero-order valence-electron chi connectivity index (χ0n) is 10.9. The number of likely N-dealkylation sites (tertiary alicyclic amines) is 1. The van der Waals surface area contributed by atoms with Gasteiger partial charge in [0.15, 0.2) is 0 Å². The van der Waals surface area contributed by atoms with Crippen molar-refractivity contribution in [3.8, 4) is 0 Å². The molecule has 7 heteroatoms. The monoisotopic (exact) mass is 280 g/mol. The highest BCUT2D eigenvalue weighted by molar-refractivity contribution is 7.86. The van der Waals surface area contributed by atoms with Gasteiger partial charge in [0, 0.05) is 32.0 Å². The largest absolute Gasteiger partial charge is 0.341 e. The quantitative estimate of drug-likeness (QED) is 0.636. The summed E-state index contributed by atoms with van der Waals surface area (Å²) in [4.78, 5) is 15.5. The average molecular weight is 280 g/mol. The lowest BCUT2D eigenvalue weighted by Crippen LogP contribution is -2.36. The number of amides is 1. The van der Waals surface area contributed by atoms with Crippen LogP contribution < -0.4 is 0 Å². The zero-order chi connectivity index (χ0) is 13.8. The lowest BCUT2D eigenvalue weighted by atomic mass is 10.1. The number of carbonyl (C=O) groups excluding carboxylic acids is 1. The molecule has 106 valence electrons. The molecule has 1 atom stereocenters. The van der Waals surface area contributed by atoms with E-state index in [1.165, 1.54) is 0 Å². The summed E-state index contributed by atoms with van der Waals surface area (Å²) < 4.78 is 33.7. The zero-order valence-corrected chi connectivity index (χ0v) is 11.7. The van der Waals surface area contributed by atoms with Crippen LogP contribution in [-0.4, -0.2) is 62.6 Å². The Kier molecular flexibility index (Phi) is 5.52. The van der Waals surface area contributed by atoms with E-state index < -0.39 is 21.9 Å². The fourth-order valence-electron chi connectivity index (χ4n) is 2.27. The molecule has 0 aromatic carbocycles. The van der Waals surface area contributed by atoms with Crippen LogP contribution in [0.2, 0.25) is 0 Å². The van der Waals surface area contributed by atoms with Gasteiger partial charge in [0.1, 0.15) is 0 Å². The minimum atomic E-state index is -4.48. The molecule has 5 nitrogen and oxygen atoms in total. The first-order valence-electron chi connectivity index (χ1n) is 6.28. The van der Waals surface area contributed by atoms with Gasteiger partial charge in [-0.2, -0.15) is 8.42 Å². The molecule has 1 unspecified atom stereocenters. The highest BCUT2D eigenvalue weighted by atomic mass is 32.3. The number of hydrogen-bond donors (Lipinski definition) is 0. The second-order valence-electron chi connectivity index (χ2n) is 4.64. The summed E-state index contributed by atoms with van der Waals surface area (Å²) in [6.07, 6.45) is 0.140. The second-order valence-corrected chi connectivity index (χ2v) is 6.05. The third-order valence-electron chi connectivity index (χ3n) is 3.31. The molecule has 0 saturated carbocycles. The lowest BCUT2D eigenvalue weighted by Gasteiger charge is -2.23. The van der Waals surface area contributed by atoms with E-state index in [1.54, 1.807) is 4.90 Å². The molecule has 1 aliphatic rings. The number of halogens is 1. The first-order valence-corrected chi connectivity index (χ1v) is 7.83. The van der Waals surface area contributed by atoms with E-state index in [-0.39, 0.29) is 12.3 Å². The van der Waals surface area contributed by atoms with E-state index in [0.717, 1.165) is 19.6 Å². The Balaban J connectivity index is 2.42. The molecule has 1 aliphatic heterocycles. The number of rotatable bonds is 7. The van der Waals surface area contributed by atoms with Crippen LogP contribution in [0, 0.1) is 5.92 Å². The van der Waals surface area contributed by atoms with Gasteiger partial charge in [-0.05, 0) is 13.1 Å². The lowest BCUT2D eigenvalue weighted by molar-refractivity contribution is -0.127. The summed E-state index contributed by atoms with van der Waals surface area (Å²) in [5, 5.41) is 0. The smallest absolute Gasteiger partial charge is 0.302 e. The first kappa shape index (κ1) is 15.4. The minimum absolute atomic E-state index is 0.0733. The van der Waals surface area contributed by atoms with Crippen LogP contribution in [0.5, 0.6) is 0 Å². The Labute approximate surface area is 108 Å². The molecular formula is C11H21FN2O3S. The molecule has 0 aromatic heterocycles. The Morgan fingerprint density at radius 1 is 1.39 bits per heavy atom. The molecule has 1 saturated heterocycles. The van der Waals surface area contributed by atoms with Gasteiger partial charge in [-0.15, -0.1) is 3.89 Å². The molecule has 1 heterocycles. The van der Waals surface area contributed by atoms with Crippen LogP contribution in [0.1, 0.15) is 20.3 Å². The number of likely N-dealkylation sites (N-methyl/N-ethyl adjacent to an activating group) is 1. The maximum atomic E-state index is 12.6. The second kappa shape index (κ2) is 6.47. The Hall–Kier alpha value is -0.690. The maximum absolute atomic E-state index is 12.6. The summed E-state index contributed by atoms with van der Waals surface area (Å²) in [5.74, 6) is -1.01. The van der Waals surface area contributed by atoms with Crippen molar-refractivity contribution < 1.29 is 17.1 Å². The molecule has 0 aliphatic carbocycles. The van der Waals surface area contributed by atoms with Gasteiger partial charge in [0.25, 0.3) is 0 Å². The van der Waals surface area contributed by atoms with Crippen molar-refractivity contribution in [3.05, 3.63) is 0 Å². The molecule has 0 spiro atoms. The van der Waals surface area contributed by atoms with E-state index in [4.69, 9.17) is 0 Å². The predicted octanol–water partition coefficient (Wildman–Crippen LogP) is 0.476. The van der Waals surface area contributed by atoms with Crippen molar-refractivity contribution in [2.24, 2.45) is 5.92 Å². The molecule has 0 radical (unpaired) electrons. The molecule has 1 rings (SSSR count). The molecule has 0 bridgehead atoms. The van der Waals surface area contributed by atoms with E-state index in [9.17, 15) is 17.1 Å². The van der Waals surface area contributed by atoms with E-state index in [2.05, 4.69) is 4.90 Å². The predicted molar refractivity (Wildman–Crippen MR) is 67.4 cm³/mol. The normalized spacial score (nSPS) is 21.0. The topological polar surface area (TPSA) is 57.7 Å². The van der Waals surface area contributed by atoms with Gasteiger partial charge in [-0.3, -0.25) is 4.79 Å². The summed E-state index contributed by atoms with van der Waals surface area (Å²) in [6, 6.07) is 0. The van der Waals surface area contributed by atoms with Crippen LogP contribution in [0.15, 0.2) is 0 Å². The molecule has 1 fully saturated rings. The van der Waals surface area contributed by atoms with Crippen molar-refractivity contribution in [2.45, 2.75) is 20.3 Å². The SMILES string of the molecule is CCN(CC)CCN1CC(CS(=O)(=O)F)CC1=O. The molecule has 18 heavy (non-hydrogen) atoms. The van der Waals surface area contributed by atoms with E-state index in [0.29, 0.717) is 13.1 Å². The summed E-state index contributed by atoms with van der Waals surface area (Å²) in [5.41, 5.74) is 0. The van der Waals surface area contributed by atoms with Crippen molar-refractivity contribution in [1.82, 2.24) is 9.80 Å². The summed E-state index contributed by atoms with van der Waals surface area (Å²) >= 11 is 0. The van der Waals surface area contributed by atoms with Crippen LogP contribution in [0.25, 0.3) is 0 Å². The van der Waals surface area contributed by atoms with Crippen LogP contribution in [0.3, 0.4) is 0 Å². The summed E-state index contributed by atoms with van der Waals surface area (Å²) in [7, 11) is -4.48. The fraction of sp³-hybridized carbons (Fsp3) is 0.909. The Bertz CT molecular complexity index is 382. The standard InChI is InChI=1S/C11H21FN2O3S/c1-3-13(4-2)5-6-14-8-10(7-11(14)15)9-18(12,16)17/h10H,3-9H2,1-2H3. The van der Waals surface area contributed by atoms with Gasteiger partial charge in [-0.1, -0.05) is 13.8 Å². The Morgan fingerprint density at radius 2 is 2.00 bits per heavy atom. The molecular weight excluding hydrogens is 259 g/mol. The molecule has 0 aromatic rings. The minimum Gasteiger partial charge on any atom is -0.341 e. The van der Waals surface area contributed by atoms with Gasteiger partial charge in [0.2, 0.25) is 5.91 Å². The van der Waals surface area contributed by atoms with Crippen LogP contribution in [0.4, 0.5) is 3.89 Å². The van der Waals surface area contributed by atoms with Gasteiger partial charge >= 0.3 is 10.2 Å². The van der Waals surface area contributed by atoms with Crippen molar-refractivity contribution in [2.75, 3.05) is 38.5 Å². The number of nitrogens with zero attached hydrogens (tertiary/aromatic N) is 2. The van der Waals surface area contributed by atoms with Crippen molar-refractivity contribution in [1.29, 1.82) is 0 Å². The third kappa shape index (κ3) is 4.89. The van der Waals surface area contributed by atoms with Gasteiger partial charge < -0.3 is 9.80 Å². The third-order valence-corrected chi connectivity index (χ3v) is 4.18. The fourth-order valence-corrected chi connectivity index (χ4v) is 3.05. The van der Waals surface area contributed by atoms with Crippen LogP contribution in [-0.2, 0) is 15.0 Å². The van der Waals surface area contributed by atoms with Crippen molar-refractivity contribution >= 4 is 16.1 Å². The maximum Gasteiger partial charge on any atom is 0.302 e. The highest BCUT2D eigenvalue weighted by Crippen LogP contribution is 2.19. The van der Waals surface area contributed by atoms with Crippen LogP contribution >= 0.6 is 0 Å².